The summed E-state index contributed by atoms with van der Waals surface area (Å²) in [5.41, 5.74) is 4.55. The van der Waals surface area contributed by atoms with Gasteiger partial charge in [0.05, 0.1) is 11.4 Å². The van der Waals surface area contributed by atoms with Gasteiger partial charge in [-0.1, -0.05) is 48.0 Å². The molecule has 0 aliphatic heterocycles. The molecule has 116 valence electrons. The summed E-state index contributed by atoms with van der Waals surface area (Å²) in [5.74, 6) is 5.55. The summed E-state index contributed by atoms with van der Waals surface area (Å²) < 4.78 is 1.81. The smallest absolute Gasteiger partial charge is 0.266 e. The van der Waals surface area contributed by atoms with Gasteiger partial charge in [-0.2, -0.15) is 0 Å². The summed E-state index contributed by atoms with van der Waals surface area (Å²) in [6.07, 6.45) is 1.92. The highest BCUT2D eigenvalue weighted by molar-refractivity contribution is 5.58. The molecule has 3 aromatic rings. The van der Waals surface area contributed by atoms with Gasteiger partial charge in [0.1, 0.15) is 0 Å². The molecular formula is C18H19N5. The molecule has 5 heteroatoms. The quantitative estimate of drug-likeness (QED) is 0.597. The van der Waals surface area contributed by atoms with Crippen LogP contribution in [0.1, 0.15) is 5.56 Å². The van der Waals surface area contributed by atoms with Crippen LogP contribution >= 0.6 is 0 Å². The second-order valence-corrected chi connectivity index (χ2v) is 5.31. The highest BCUT2D eigenvalue weighted by Crippen LogP contribution is 2.16. The average molecular weight is 305 g/mol. The lowest BCUT2D eigenvalue weighted by molar-refractivity contribution is 0.683. The van der Waals surface area contributed by atoms with E-state index < -0.39 is 0 Å². The van der Waals surface area contributed by atoms with E-state index in [-0.39, 0.29) is 0 Å². The van der Waals surface area contributed by atoms with Crippen molar-refractivity contribution in [2.45, 2.75) is 6.92 Å². The molecule has 0 unspecified atom stereocenters. The van der Waals surface area contributed by atoms with Crippen LogP contribution in [0.15, 0.2) is 72.0 Å². The Morgan fingerprint density at radius 2 is 1.70 bits per heavy atom. The SMILES string of the molecule is Cc1ccc(-c2ccn(N(C)c3ccccc3)/c(=N\N)n2)cc1. The van der Waals surface area contributed by atoms with Crippen LogP contribution < -0.4 is 16.5 Å². The fraction of sp³-hybridized carbons (Fsp3) is 0.111. The second-order valence-electron chi connectivity index (χ2n) is 5.31. The van der Waals surface area contributed by atoms with Gasteiger partial charge in [-0.05, 0) is 25.1 Å². The number of anilines is 1. The Labute approximate surface area is 135 Å². The molecule has 1 aromatic heterocycles. The Bertz CT molecular complexity index is 851. The predicted molar refractivity (Wildman–Crippen MR) is 92.4 cm³/mol. The highest BCUT2D eigenvalue weighted by Gasteiger charge is 2.06. The highest BCUT2D eigenvalue weighted by atomic mass is 15.6. The fourth-order valence-electron chi connectivity index (χ4n) is 2.38. The van der Waals surface area contributed by atoms with Gasteiger partial charge in [0.15, 0.2) is 0 Å². The van der Waals surface area contributed by atoms with Crippen LogP contribution in [0.2, 0.25) is 0 Å². The Balaban J connectivity index is 2.02. The van der Waals surface area contributed by atoms with E-state index in [2.05, 4.69) is 29.1 Å². The monoisotopic (exact) mass is 305 g/mol. The molecule has 0 bridgehead atoms. The van der Waals surface area contributed by atoms with Crippen LogP contribution in [0.3, 0.4) is 0 Å². The van der Waals surface area contributed by atoms with Gasteiger partial charge in [-0.25, -0.2) is 9.66 Å². The second kappa shape index (κ2) is 6.36. The Morgan fingerprint density at radius 3 is 2.35 bits per heavy atom. The fourth-order valence-corrected chi connectivity index (χ4v) is 2.38. The third-order valence-electron chi connectivity index (χ3n) is 3.71. The standard InChI is InChI=1S/C18H19N5/c1-14-8-10-15(11-9-14)17-12-13-23(18(20-17)21-19)22(2)16-6-4-3-5-7-16/h3-13H,19H2,1-2H3/b21-18-. The zero-order valence-corrected chi connectivity index (χ0v) is 13.2. The van der Waals surface area contributed by atoms with E-state index in [1.165, 1.54) is 5.56 Å². The van der Waals surface area contributed by atoms with Gasteiger partial charge in [-0.3, -0.25) is 5.01 Å². The van der Waals surface area contributed by atoms with E-state index in [0.717, 1.165) is 16.9 Å². The molecule has 0 spiro atoms. The number of nitrogens with zero attached hydrogens (tertiary/aromatic N) is 4. The predicted octanol–water partition coefficient (Wildman–Crippen LogP) is 2.53. The van der Waals surface area contributed by atoms with E-state index in [0.29, 0.717) is 5.62 Å². The van der Waals surface area contributed by atoms with E-state index in [9.17, 15) is 0 Å². The van der Waals surface area contributed by atoms with Gasteiger partial charge in [0.2, 0.25) is 0 Å². The normalized spacial score (nSPS) is 11.5. The Kier molecular flexibility index (Phi) is 4.10. The summed E-state index contributed by atoms with van der Waals surface area (Å²) in [6.45, 7) is 2.06. The number of para-hydroxylation sites is 1. The summed E-state index contributed by atoms with van der Waals surface area (Å²) in [6, 6.07) is 20.2. The average Bonchev–Trinajstić information content (AvgIpc) is 2.62. The molecule has 23 heavy (non-hydrogen) atoms. The molecule has 0 aliphatic rings. The molecule has 5 nitrogen and oxygen atoms in total. The molecule has 0 aliphatic carbocycles. The summed E-state index contributed by atoms with van der Waals surface area (Å²) >= 11 is 0. The van der Waals surface area contributed by atoms with E-state index in [1.807, 2.05) is 71.5 Å². The lowest BCUT2D eigenvalue weighted by atomic mass is 10.1. The number of nitrogens with two attached hydrogens (primary N) is 1. The molecule has 0 atom stereocenters. The minimum atomic E-state index is 0.439. The minimum absolute atomic E-state index is 0.439. The molecule has 0 amide bonds. The van der Waals surface area contributed by atoms with E-state index >= 15 is 0 Å². The van der Waals surface area contributed by atoms with Crippen molar-refractivity contribution >= 4 is 5.69 Å². The van der Waals surface area contributed by atoms with Crippen LogP contribution in [0.5, 0.6) is 0 Å². The molecule has 3 rings (SSSR count). The summed E-state index contributed by atoms with van der Waals surface area (Å²) in [4.78, 5) is 4.57. The number of benzene rings is 2. The first kappa shape index (κ1) is 14.8. The van der Waals surface area contributed by atoms with Crippen molar-refractivity contribution in [3.8, 4) is 11.3 Å². The topological polar surface area (TPSA) is 59.4 Å². The first-order valence-corrected chi connectivity index (χ1v) is 7.39. The van der Waals surface area contributed by atoms with Crippen molar-refractivity contribution < 1.29 is 0 Å². The van der Waals surface area contributed by atoms with Gasteiger partial charge in [-0.15, -0.1) is 5.10 Å². The number of rotatable bonds is 3. The van der Waals surface area contributed by atoms with Crippen LogP contribution in [-0.2, 0) is 0 Å². The van der Waals surface area contributed by atoms with Gasteiger partial charge < -0.3 is 5.84 Å². The van der Waals surface area contributed by atoms with Gasteiger partial charge in [0, 0.05) is 18.8 Å². The lowest BCUT2D eigenvalue weighted by Gasteiger charge is -2.22. The maximum atomic E-state index is 5.55. The molecular weight excluding hydrogens is 286 g/mol. The molecule has 2 aromatic carbocycles. The van der Waals surface area contributed by atoms with Crippen LogP contribution in [0.25, 0.3) is 11.3 Å². The number of aryl methyl sites for hydroxylation is 1. The van der Waals surface area contributed by atoms with Crippen LogP contribution in [-0.4, -0.2) is 16.7 Å². The third-order valence-corrected chi connectivity index (χ3v) is 3.71. The molecule has 0 radical (unpaired) electrons. The van der Waals surface area contributed by atoms with Crippen molar-refractivity contribution in [2.24, 2.45) is 10.9 Å². The van der Waals surface area contributed by atoms with E-state index in [4.69, 9.17) is 5.84 Å². The van der Waals surface area contributed by atoms with Gasteiger partial charge in [0.25, 0.3) is 5.62 Å². The molecule has 0 saturated carbocycles. The number of hydrogen-bond donors (Lipinski definition) is 1. The molecule has 0 fully saturated rings. The Morgan fingerprint density at radius 1 is 1.00 bits per heavy atom. The number of hydrogen-bond acceptors (Lipinski definition) is 4. The first-order valence-electron chi connectivity index (χ1n) is 7.39. The summed E-state index contributed by atoms with van der Waals surface area (Å²) in [7, 11) is 1.94. The van der Waals surface area contributed by atoms with Gasteiger partial charge >= 0.3 is 0 Å². The zero-order chi connectivity index (χ0) is 16.2. The van der Waals surface area contributed by atoms with Crippen LogP contribution in [0, 0.1) is 6.92 Å². The van der Waals surface area contributed by atoms with Crippen molar-refractivity contribution in [1.29, 1.82) is 0 Å². The number of aromatic nitrogens is 2. The third kappa shape index (κ3) is 3.08. The van der Waals surface area contributed by atoms with Crippen molar-refractivity contribution in [2.75, 3.05) is 12.1 Å². The van der Waals surface area contributed by atoms with E-state index in [1.54, 1.807) is 0 Å². The zero-order valence-electron chi connectivity index (χ0n) is 13.2. The summed E-state index contributed by atoms with van der Waals surface area (Å²) in [5, 5.41) is 5.77. The largest absolute Gasteiger partial charge is 0.320 e. The van der Waals surface area contributed by atoms with Crippen LogP contribution in [0.4, 0.5) is 5.69 Å². The molecule has 2 N–H and O–H groups in total. The molecule has 0 saturated heterocycles. The minimum Gasteiger partial charge on any atom is -0.320 e. The molecule has 1 heterocycles. The maximum Gasteiger partial charge on any atom is 0.266 e. The first-order chi connectivity index (χ1) is 11.2. The maximum absolute atomic E-state index is 5.55. The van der Waals surface area contributed by atoms with Crippen molar-refractivity contribution in [3.63, 3.8) is 0 Å². The van der Waals surface area contributed by atoms with Crippen molar-refractivity contribution in [3.05, 3.63) is 78.0 Å². The van der Waals surface area contributed by atoms with Crippen molar-refractivity contribution in [1.82, 2.24) is 9.66 Å². The Hall–Kier alpha value is -3.08. The lowest BCUT2D eigenvalue weighted by Crippen LogP contribution is -2.38.